The molecular formula is C11H21N. The summed E-state index contributed by atoms with van der Waals surface area (Å²) in [5, 5.41) is 3.50. The maximum Gasteiger partial charge on any atom is 0.0289 e. The minimum atomic E-state index is 0.174. The fourth-order valence-electron chi connectivity index (χ4n) is 1.15. The van der Waals surface area contributed by atoms with Crippen LogP contribution in [0.2, 0.25) is 0 Å². The van der Waals surface area contributed by atoms with Gasteiger partial charge in [-0.1, -0.05) is 18.2 Å². The molecule has 0 aromatic rings. The van der Waals surface area contributed by atoms with E-state index in [9.17, 15) is 0 Å². The van der Waals surface area contributed by atoms with Gasteiger partial charge in [-0.2, -0.15) is 0 Å². The van der Waals surface area contributed by atoms with Gasteiger partial charge >= 0.3 is 0 Å². The molecule has 0 bridgehead atoms. The Morgan fingerprint density at radius 2 is 2.00 bits per heavy atom. The van der Waals surface area contributed by atoms with Gasteiger partial charge in [0.15, 0.2) is 0 Å². The van der Waals surface area contributed by atoms with Crippen LogP contribution in [0.3, 0.4) is 0 Å². The molecule has 0 aromatic heterocycles. The summed E-state index contributed by atoms with van der Waals surface area (Å²) < 4.78 is 0. The Kier molecular flexibility index (Phi) is 4.91. The Balaban J connectivity index is 4.03. The molecule has 0 aliphatic carbocycles. The number of hydrogen-bond donors (Lipinski definition) is 1. The van der Waals surface area contributed by atoms with Gasteiger partial charge in [0.05, 0.1) is 0 Å². The van der Waals surface area contributed by atoms with Gasteiger partial charge in [-0.05, 0) is 34.1 Å². The topological polar surface area (TPSA) is 12.0 Å². The highest BCUT2D eigenvalue weighted by Crippen LogP contribution is 2.05. The predicted octanol–water partition coefficient (Wildman–Crippen LogP) is 2.90. The molecule has 1 atom stereocenters. The van der Waals surface area contributed by atoms with Crippen LogP contribution in [-0.4, -0.2) is 11.6 Å². The van der Waals surface area contributed by atoms with Crippen molar-refractivity contribution in [2.75, 3.05) is 0 Å². The van der Waals surface area contributed by atoms with E-state index >= 15 is 0 Å². The summed E-state index contributed by atoms with van der Waals surface area (Å²) in [6.07, 6.45) is 7.19. The molecule has 0 rings (SSSR count). The maximum absolute atomic E-state index is 3.74. The Morgan fingerprint density at radius 3 is 2.33 bits per heavy atom. The van der Waals surface area contributed by atoms with Crippen molar-refractivity contribution in [3.8, 4) is 0 Å². The summed E-state index contributed by atoms with van der Waals surface area (Å²) in [6.45, 7) is 12.3. The minimum Gasteiger partial charge on any atom is -0.306 e. The lowest BCUT2D eigenvalue weighted by Crippen LogP contribution is -2.42. The lowest BCUT2D eigenvalue weighted by molar-refractivity contribution is 0.392. The highest BCUT2D eigenvalue weighted by Gasteiger charge is 2.13. The van der Waals surface area contributed by atoms with Gasteiger partial charge in [-0.3, -0.25) is 0 Å². The van der Waals surface area contributed by atoms with Crippen molar-refractivity contribution in [2.45, 2.75) is 45.7 Å². The van der Waals surface area contributed by atoms with Crippen LogP contribution in [0.1, 0.15) is 34.1 Å². The summed E-state index contributed by atoms with van der Waals surface area (Å²) >= 11 is 0. The van der Waals surface area contributed by atoms with Crippen molar-refractivity contribution in [1.29, 1.82) is 0 Å². The molecule has 0 fully saturated rings. The number of hydrogen-bond acceptors (Lipinski definition) is 1. The monoisotopic (exact) mass is 167 g/mol. The van der Waals surface area contributed by atoms with E-state index in [-0.39, 0.29) is 5.54 Å². The molecule has 12 heavy (non-hydrogen) atoms. The summed E-state index contributed by atoms with van der Waals surface area (Å²) in [4.78, 5) is 0. The Morgan fingerprint density at radius 1 is 1.42 bits per heavy atom. The zero-order valence-electron chi connectivity index (χ0n) is 8.72. The van der Waals surface area contributed by atoms with Gasteiger partial charge in [0.25, 0.3) is 0 Å². The highest BCUT2D eigenvalue weighted by molar-refractivity contribution is 4.97. The summed E-state index contributed by atoms with van der Waals surface area (Å²) in [6, 6.07) is 0.424. The van der Waals surface area contributed by atoms with Crippen LogP contribution < -0.4 is 5.32 Å². The quantitative estimate of drug-likeness (QED) is 0.635. The SMILES string of the molecule is C=CCC(/C=C\C)NC(C)(C)C. The molecule has 1 nitrogen and oxygen atoms in total. The number of allylic oxidation sites excluding steroid dienone is 1. The third-order valence-corrected chi connectivity index (χ3v) is 1.46. The van der Waals surface area contributed by atoms with E-state index < -0.39 is 0 Å². The summed E-state index contributed by atoms with van der Waals surface area (Å²) in [7, 11) is 0. The van der Waals surface area contributed by atoms with Gasteiger partial charge in [-0.25, -0.2) is 0 Å². The average molecular weight is 167 g/mol. The second kappa shape index (κ2) is 5.15. The van der Waals surface area contributed by atoms with E-state index in [4.69, 9.17) is 0 Å². The molecule has 0 saturated heterocycles. The molecule has 0 saturated carbocycles. The first-order valence-electron chi connectivity index (χ1n) is 4.51. The number of rotatable bonds is 4. The van der Waals surface area contributed by atoms with Gasteiger partial charge in [0.2, 0.25) is 0 Å². The predicted molar refractivity (Wildman–Crippen MR) is 56.3 cm³/mol. The lowest BCUT2D eigenvalue weighted by Gasteiger charge is -2.25. The zero-order valence-corrected chi connectivity index (χ0v) is 8.72. The Bertz CT molecular complexity index is 151. The minimum absolute atomic E-state index is 0.174. The van der Waals surface area contributed by atoms with Crippen LogP contribution in [0, 0.1) is 0 Å². The van der Waals surface area contributed by atoms with Crippen LogP contribution in [0.25, 0.3) is 0 Å². The third kappa shape index (κ3) is 6.17. The van der Waals surface area contributed by atoms with Gasteiger partial charge < -0.3 is 5.32 Å². The average Bonchev–Trinajstić information content (AvgIpc) is 1.84. The van der Waals surface area contributed by atoms with Crippen LogP contribution in [0.15, 0.2) is 24.8 Å². The van der Waals surface area contributed by atoms with E-state index in [2.05, 4.69) is 44.8 Å². The molecule has 1 heteroatoms. The standard InChI is InChI=1S/C11H21N/c1-6-8-10(9-7-2)12-11(3,4)5/h6-7,9-10,12H,1,8H2,2-5H3/b9-7-. The fourth-order valence-corrected chi connectivity index (χ4v) is 1.15. The summed E-state index contributed by atoms with van der Waals surface area (Å²) in [5.74, 6) is 0. The van der Waals surface area contributed by atoms with Gasteiger partial charge in [-0.15, -0.1) is 6.58 Å². The summed E-state index contributed by atoms with van der Waals surface area (Å²) in [5.41, 5.74) is 0.174. The maximum atomic E-state index is 3.74. The lowest BCUT2D eigenvalue weighted by atomic mass is 10.1. The molecular weight excluding hydrogens is 146 g/mol. The first kappa shape index (κ1) is 11.4. The van der Waals surface area contributed by atoms with Crippen molar-refractivity contribution in [3.05, 3.63) is 24.8 Å². The van der Waals surface area contributed by atoms with E-state index in [1.807, 2.05) is 13.0 Å². The normalized spacial score (nSPS) is 15.0. The van der Waals surface area contributed by atoms with Crippen molar-refractivity contribution in [1.82, 2.24) is 5.32 Å². The Labute approximate surface area is 76.6 Å². The molecule has 0 aliphatic rings. The molecule has 1 unspecified atom stereocenters. The number of nitrogens with one attached hydrogen (secondary N) is 1. The Hall–Kier alpha value is -0.560. The molecule has 0 radical (unpaired) electrons. The molecule has 0 amide bonds. The highest BCUT2D eigenvalue weighted by atomic mass is 15.0. The zero-order chi connectivity index (χ0) is 9.61. The van der Waals surface area contributed by atoms with Crippen molar-refractivity contribution < 1.29 is 0 Å². The van der Waals surface area contributed by atoms with Crippen LogP contribution in [0.5, 0.6) is 0 Å². The smallest absolute Gasteiger partial charge is 0.0289 e. The van der Waals surface area contributed by atoms with E-state index in [1.54, 1.807) is 0 Å². The molecule has 0 aliphatic heterocycles. The molecule has 1 N–H and O–H groups in total. The third-order valence-electron chi connectivity index (χ3n) is 1.46. The molecule has 0 spiro atoms. The fraction of sp³-hybridized carbons (Fsp3) is 0.636. The first-order valence-corrected chi connectivity index (χ1v) is 4.51. The van der Waals surface area contributed by atoms with E-state index in [0.717, 1.165) is 6.42 Å². The van der Waals surface area contributed by atoms with Crippen molar-refractivity contribution in [3.63, 3.8) is 0 Å². The van der Waals surface area contributed by atoms with Gasteiger partial charge in [0, 0.05) is 11.6 Å². The molecule has 0 aromatic carbocycles. The first-order chi connectivity index (χ1) is 5.49. The largest absolute Gasteiger partial charge is 0.306 e. The molecule has 70 valence electrons. The van der Waals surface area contributed by atoms with Crippen LogP contribution in [-0.2, 0) is 0 Å². The van der Waals surface area contributed by atoms with E-state index in [0.29, 0.717) is 6.04 Å². The van der Waals surface area contributed by atoms with Crippen LogP contribution >= 0.6 is 0 Å². The van der Waals surface area contributed by atoms with Crippen LogP contribution in [0.4, 0.5) is 0 Å². The second-order valence-corrected chi connectivity index (χ2v) is 4.05. The second-order valence-electron chi connectivity index (χ2n) is 4.05. The van der Waals surface area contributed by atoms with Crippen molar-refractivity contribution >= 4 is 0 Å². The van der Waals surface area contributed by atoms with E-state index in [1.165, 1.54) is 0 Å². The van der Waals surface area contributed by atoms with Gasteiger partial charge in [0.1, 0.15) is 0 Å². The van der Waals surface area contributed by atoms with Crippen molar-refractivity contribution in [2.24, 2.45) is 0 Å². The molecule has 0 heterocycles.